The largest absolute Gasteiger partial charge is 0.343 e. The second-order valence-corrected chi connectivity index (χ2v) is 7.82. The summed E-state index contributed by atoms with van der Waals surface area (Å²) in [5.74, 6) is -4.53. The summed E-state index contributed by atoms with van der Waals surface area (Å²) in [4.78, 5) is 30.8. The average molecular weight is 446 g/mol. The van der Waals surface area contributed by atoms with Gasteiger partial charge in [-0.05, 0) is 17.2 Å². The number of alkyl halides is 2. The maximum Gasteiger partial charge on any atom is 0.269 e. The number of hydrogen-bond acceptors (Lipinski definition) is 4. The Kier molecular flexibility index (Phi) is 5.88. The van der Waals surface area contributed by atoms with Crippen LogP contribution in [0.4, 0.5) is 8.78 Å². The number of likely N-dealkylation sites (tertiary alicyclic amines) is 1. The summed E-state index contributed by atoms with van der Waals surface area (Å²) in [5, 5.41) is 12.4. The van der Waals surface area contributed by atoms with Crippen molar-refractivity contribution in [2.45, 2.75) is 17.9 Å². The molecule has 0 spiro atoms. The lowest BCUT2D eigenvalue weighted by Crippen LogP contribution is -2.48. The first-order valence-corrected chi connectivity index (χ1v) is 10.3. The van der Waals surface area contributed by atoms with Gasteiger partial charge in [-0.2, -0.15) is 5.26 Å². The molecule has 2 heterocycles. The van der Waals surface area contributed by atoms with Crippen LogP contribution in [0.5, 0.6) is 0 Å². The van der Waals surface area contributed by atoms with E-state index in [1.807, 2.05) is 36.4 Å². The van der Waals surface area contributed by atoms with E-state index in [1.54, 1.807) is 36.5 Å². The van der Waals surface area contributed by atoms with Gasteiger partial charge in [0.25, 0.3) is 11.8 Å². The van der Waals surface area contributed by atoms with E-state index < -0.39 is 42.8 Å². The van der Waals surface area contributed by atoms with Crippen LogP contribution in [-0.4, -0.2) is 40.7 Å². The maximum atomic E-state index is 14.4. The molecule has 2 aromatic carbocycles. The zero-order valence-electron chi connectivity index (χ0n) is 17.5. The molecule has 0 saturated carbocycles. The topological polar surface area (TPSA) is 86.1 Å². The van der Waals surface area contributed by atoms with Crippen LogP contribution < -0.4 is 5.32 Å². The number of benzene rings is 2. The van der Waals surface area contributed by atoms with Gasteiger partial charge in [-0.3, -0.25) is 14.6 Å². The molecule has 1 N–H and O–H groups in total. The third-order valence-electron chi connectivity index (χ3n) is 5.65. The highest BCUT2D eigenvalue weighted by molar-refractivity contribution is 6.02. The van der Waals surface area contributed by atoms with Crippen LogP contribution in [0, 0.1) is 11.3 Å². The van der Waals surface area contributed by atoms with Crippen molar-refractivity contribution in [2.24, 2.45) is 0 Å². The number of halogens is 2. The zero-order chi connectivity index (χ0) is 23.5. The third-order valence-corrected chi connectivity index (χ3v) is 5.65. The predicted octanol–water partition coefficient (Wildman–Crippen LogP) is 3.77. The second-order valence-electron chi connectivity index (χ2n) is 7.82. The van der Waals surface area contributed by atoms with Gasteiger partial charge in [-0.1, -0.05) is 60.7 Å². The maximum absolute atomic E-state index is 14.4. The molecule has 1 aliphatic rings. The molecule has 8 heteroatoms. The van der Waals surface area contributed by atoms with Gasteiger partial charge >= 0.3 is 0 Å². The van der Waals surface area contributed by atoms with Crippen molar-refractivity contribution in [3.63, 3.8) is 0 Å². The Morgan fingerprint density at radius 3 is 2.39 bits per heavy atom. The van der Waals surface area contributed by atoms with Crippen LogP contribution in [0.25, 0.3) is 11.1 Å². The van der Waals surface area contributed by atoms with E-state index in [9.17, 15) is 23.6 Å². The van der Waals surface area contributed by atoms with E-state index in [-0.39, 0.29) is 0 Å². The second kappa shape index (κ2) is 8.79. The quantitative estimate of drug-likeness (QED) is 0.647. The van der Waals surface area contributed by atoms with Crippen molar-refractivity contribution < 1.29 is 18.4 Å². The number of carbonyl (C=O) groups is 2. The molecule has 1 fully saturated rings. The smallest absolute Gasteiger partial charge is 0.269 e. The lowest BCUT2D eigenvalue weighted by molar-refractivity contribution is -0.133. The Balaban J connectivity index is 1.56. The van der Waals surface area contributed by atoms with Gasteiger partial charge in [0.05, 0.1) is 31.1 Å². The van der Waals surface area contributed by atoms with Gasteiger partial charge in [0.2, 0.25) is 5.91 Å². The van der Waals surface area contributed by atoms with Crippen molar-refractivity contribution in [2.75, 3.05) is 13.1 Å². The van der Waals surface area contributed by atoms with Crippen molar-refractivity contribution in [1.29, 1.82) is 5.26 Å². The Morgan fingerprint density at radius 2 is 1.73 bits per heavy atom. The standard InChI is InChI=1S/C25H20F2N4O2/c26-25(27)15-24(16-28,19-9-5-2-6-10-19)31(17-25)22(32)14-30-23(33)20-11-12-29-13-21(20)18-7-3-1-4-8-18/h1-13H,14-15,17H2,(H,30,33)/t24-/m0/s1. The predicted molar refractivity (Wildman–Crippen MR) is 117 cm³/mol. The fraction of sp³-hybridized carbons (Fsp3) is 0.200. The lowest BCUT2D eigenvalue weighted by Gasteiger charge is -2.32. The van der Waals surface area contributed by atoms with Crippen LogP contribution >= 0.6 is 0 Å². The number of carbonyl (C=O) groups excluding carboxylic acids is 2. The Morgan fingerprint density at radius 1 is 1.06 bits per heavy atom. The number of nitrogens with zero attached hydrogens (tertiary/aromatic N) is 3. The molecule has 6 nitrogen and oxygen atoms in total. The van der Waals surface area contributed by atoms with Crippen LogP contribution in [0.15, 0.2) is 79.1 Å². The fourth-order valence-electron chi connectivity index (χ4n) is 4.12. The highest BCUT2D eigenvalue weighted by atomic mass is 19.3. The molecule has 1 aliphatic heterocycles. The van der Waals surface area contributed by atoms with E-state index >= 15 is 0 Å². The Labute approximate surface area is 189 Å². The Bertz CT molecular complexity index is 1210. The number of nitrogens with one attached hydrogen (secondary N) is 1. The van der Waals surface area contributed by atoms with Gasteiger partial charge in [-0.15, -0.1) is 0 Å². The van der Waals surface area contributed by atoms with Crippen LogP contribution in [0.3, 0.4) is 0 Å². The molecule has 0 bridgehead atoms. The number of hydrogen-bond donors (Lipinski definition) is 1. The minimum Gasteiger partial charge on any atom is -0.343 e. The molecule has 1 atom stereocenters. The first kappa shape index (κ1) is 22.1. The van der Waals surface area contributed by atoms with E-state index in [4.69, 9.17) is 0 Å². The molecule has 0 radical (unpaired) electrons. The van der Waals surface area contributed by atoms with E-state index in [0.717, 1.165) is 10.5 Å². The van der Waals surface area contributed by atoms with Crippen molar-refractivity contribution >= 4 is 11.8 Å². The number of nitriles is 1. The molecule has 166 valence electrons. The van der Waals surface area contributed by atoms with Gasteiger partial charge in [0, 0.05) is 18.0 Å². The number of rotatable bonds is 5. The summed E-state index contributed by atoms with van der Waals surface area (Å²) < 4.78 is 28.8. The number of aromatic nitrogens is 1. The fourth-order valence-corrected chi connectivity index (χ4v) is 4.12. The third kappa shape index (κ3) is 4.30. The molecule has 4 rings (SSSR count). The molecule has 1 aromatic heterocycles. The van der Waals surface area contributed by atoms with E-state index in [2.05, 4.69) is 10.3 Å². The van der Waals surface area contributed by atoms with Gasteiger partial charge in [-0.25, -0.2) is 8.78 Å². The summed E-state index contributed by atoms with van der Waals surface area (Å²) in [6.07, 6.45) is 2.20. The summed E-state index contributed by atoms with van der Waals surface area (Å²) in [6, 6.07) is 20.7. The number of amides is 2. The first-order valence-electron chi connectivity index (χ1n) is 10.3. The summed E-state index contributed by atoms with van der Waals surface area (Å²) in [6.45, 7) is -1.42. The van der Waals surface area contributed by atoms with Gasteiger partial charge < -0.3 is 10.2 Å². The normalized spacial score (nSPS) is 19.0. The molecule has 3 aromatic rings. The average Bonchev–Trinajstić information content (AvgIpc) is 3.15. The van der Waals surface area contributed by atoms with E-state index in [1.165, 1.54) is 12.3 Å². The van der Waals surface area contributed by atoms with Gasteiger partial charge in [0.1, 0.15) is 0 Å². The Hall–Kier alpha value is -4.12. The monoisotopic (exact) mass is 446 g/mol. The molecular weight excluding hydrogens is 426 g/mol. The highest BCUT2D eigenvalue weighted by Gasteiger charge is 2.58. The van der Waals surface area contributed by atoms with E-state index in [0.29, 0.717) is 16.7 Å². The first-order chi connectivity index (χ1) is 15.9. The minimum absolute atomic E-state index is 0.297. The zero-order valence-corrected chi connectivity index (χ0v) is 17.5. The summed E-state index contributed by atoms with van der Waals surface area (Å²) in [7, 11) is 0. The van der Waals surface area contributed by atoms with Crippen LogP contribution in [-0.2, 0) is 10.3 Å². The summed E-state index contributed by atoms with van der Waals surface area (Å²) in [5.41, 5.74) is 0.147. The molecule has 1 saturated heterocycles. The number of pyridine rings is 1. The van der Waals surface area contributed by atoms with Gasteiger partial charge in [0.15, 0.2) is 5.54 Å². The van der Waals surface area contributed by atoms with Crippen molar-refractivity contribution in [3.8, 4) is 17.2 Å². The SMILES string of the molecule is N#C[C@]1(c2ccccc2)CC(F)(F)CN1C(=O)CNC(=O)c1ccncc1-c1ccccc1. The van der Waals surface area contributed by atoms with Crippen LogP contribution in [0.1, 0.15) is 22.3 Å². The van der Waals surface area contributed by atoms with Crippen LogP contribution in [0.2, 0.25) is 0 Å². The summed E-state index contributed by atoms with van der Waals surface area (Å²) >= 11 is 0. The molecule has 0 unspecified atom stereocenters. The molecule has 2 amide bonds. The lowest BCUT2D eigenvalue weighted by atomic mass is 9.88. The molecule has 33 heavy (non-hydrogen) atoms. The molecular formula is C25H20F2N4O2. The highest BCUT2D eigenvalue weighted by Crippen LogP contribution is 2.45. The minimum atomic E-state index is -3.23. The van der Waals surface area contributed by atoms with Crippen molar-refractivity contribution in [3.05, 3.63) is 90.3 Å². The molecule has 0 aliphatic carbocycles. The van der Waals surface area contributed by atoms with Crippen molar-refractivity contribution in [1.82, 2.24) is 15.2 Å².